The molecule has 3 heterocycles. The molecule has 7 heteroatoms. The van der Waals surface area contributed by atoms with Gasteiger partial charge in [-0.1, -0.05) is 18.2 Å². The van der Waals surface area contributed by atoms with Gasteiger partial charge in [0.1, 0.15) is 0 Å². The molecule has 1 aliphatic rings. The second kappa shape index (κ2) is 7.75. The van der Waals surface area contributed by atoms with Crippen molar-refractivity contribution in [3.8, 4) is 0 Å². The average Bonchev–Trinajstić information content (AvgIpc) is 3.10. The molecule has 0 radical (unpaired) electrons. The topological polar surface area (TPSA) is 83.1 Å². The van der Waals surface area contributed by atoms with Gasteiger partial charge in [-0.2, -0.15) is 0 Å². The van der Waals surface area contributed by atoms with Crippen LogP contribution in [0.4, 0.5) is 5.95 Å². The van der Waals surface area contributed by atoms with Gasteiger partial charge >= 0.3 is 0 Å². The number of ether oxygens (including phenoxy) is 1. The minimum absolute atomic E-state index is 0.0241. The first-order valence-electron chi connectivity index (χ1n) is 9.18. The number of anilines is 1. The molecular formula is C20H23N5O2. The molecule has 0 unspecified atom stereocenters. The van der Waals surface area contributed by atoms with Crippen LogP contribution < -0.4 is 10.2 Å². The Morgan fingerprint density at radius 3 is 2.93 bits per heavy atom. The van der Waals surface area contributed by atoms with Crippen LogP contribution in [0, 0.1) is 6.92 Å². The Morgan fingerprint density at radius 1 is 1.26 bits per heavy atom. The maximum absolute atomic E-state index is 12.4. The van der Waals surface area contributed by atoms with E-state index < -0.39 is 0 Å². The highest BCUT2D eigenvalue weighted by Gasteiger charge is 2.15. The van der Waals surface area contributed by atoms with Gasteiger partial charge in [0.25, 0.3) is 0 Å². The smallest absolute Gasteiger partial charge is 0.225 e. The van der Waals surface area contributed by atoms with Crippen molar-refractivity contribution in [2.24, 2.45) is 0 Å². The van der Waals surface area contributed by atoms with Crippen LogP contribution in [0.25, 0.3) is 10.9 Å². The fourth-order valence-corrected chi connectivity index (χ4v) is 3.31. The summed E-state index contributed by atoms with van der Waals surface area (Å²) < 4.78 is 5.38. The molecule has 7 nitrogen and oxygen atoms in total. The number of aryl methyl sites for hydroxylation is 1. The molecule has 1 saturated heterocycles. The number of rotatable bonds is 5. The molecule has 1 amide bonds. The highest BCUT2D eigenvalue weighted by Crippen LogP contribution is 2.18. The van der Waals surface area contributed by atoms with Crippen molar-refractivity contribution in [1.29, 1.82) is 0 Å². The molecule has 0 saturated carbocycles. The summed E-state index contributed by atoms with van der Waals surface area (Å²) in [6.45, 7) is 5.29. The van der Waals surface area contributed by atoms with Crippen molar-refractivity contribution in [3.63, 3.8) is 0 Å². The molecule has 1 fully saturated rings. The lowest BCUT2D eigenvalue weighted by molar-refractivity contribution is -0.120. The van der Waals surface area contributed by atoms with Gasteiger partial charge in [-0.3, -0.25) is 4.79 Å². The fraction of sp³-hybridized carbons (Fsp3) is 0.350. The zero-order valence-corrected chi connectivity index (χ0v) is 15.4. The Morgan fingerprint density at radius 2 is 2.07 bits per heavy atom. The van der Waals surface area contributed by atoms with Gasteiger partial charge in [0.2, 0.25) is 11.9 Å². The molecular weight excluding hydrogens is 342 g/mol. The van der Waals surface area contributed by atoms with Gasteiger partial charge in [0.15, 0.2) is 0 Å². The lowest BCUT2D eigenvalue weighted by Gasteiger charge is -2.27. The Balaban J connectivity index is 1.40. The third kappa shape index (κ3) is 4.09. The first kappa shape index (κ1) is 17.5. The third-order valence-electron chi connectivity index (χ3n) is 4.68. The van der Waals surface area contributed by atoms with Crippen LogP contribution in [0.1, 0.15) is 17.0 Å². The summed E-state index contributed by atoms with van der Waals surface area (Å²) in [5.74, 6) is 0.683. The summed E-state index contributed by atoms with van der Waals surface area (Å²) in [5, 5.41) is 4.06. The molecule has 3 aromatic rings. The number of carbonyl (C=O) groups is 1. The van der Waals surface area contributed by atoms with Gasteiger partial charge in [0.05, 0.1) is 31.9 Å². The Hall–Kier alpha value is -2.93. The number of carbonyl (C=O) groups excluding carboxylic acids is 1. The van der Waals surface area contributed by atoms with E-state index in [0.29, 0.717) is 32.1 Å². The number of aromatic nitrogens is 3. The van der Waals surface area contributed by atoms with Crippen LogP contribution in [0.5, 0.6) is 0 Å². The average molecular weight is 365 g/mol. The standard InChI is InChI=1S/C20H23N5O2/c1-14-10-16(24-20(23-14)25-6-8-27-9-7-25)13-22-19(26)11-15-12-21-18-5-3-2-4-17(15)18/h2-5,10,12,21H,6-9,11,13H2,1H3,(H,22,26). The number of nitrogens with zero attached hydrogens (tertiary/aromatic N) is 3. The predicted molar refractivity (Wildman–Crippen MR) is 104 cm³/mol. The maximum atomic E-state index is 12.4. The molecule has 2 aromatic heterocycles. The van der Waals surface area contributed by atoms with Crippen molar-refractivity contribution >= 4 is 22.8 Å². The zero-order chi connectivity index (χ0) is 18.6. The van der Waals surface area contributed by atoms with Gasteiger partial charge < -0.3 is 19.9 Å². The first-order valence-corrected chi connectivity index (χ1v) is 9.18. The molecule has 140 valence electrons. The summed E-state index contributed by atoms with van der Waals surface area (Å²) in [6.07, 6.45) is 2.24. The maximum Gasteiger partial charge on any atom is 0.225 e. The van der Waals surface area contributed by atoms with Crippen molar-refractivity contribution in [2.75, 3.05) is 31.2 Å². The molecule has 0 spiro atoms. The Bertz CT molecular complexity index is 946. The van der Waals surface area contributed by atoms with Crippen molar-refractivity contribution in [3.05, 3.63) is 53.5 Å². The first-order chi connectivity index (χ1) is 13.2. The van der Waals surface area contributed by atoms with E-state index in [9.17, 15) is 4.79 Å². The van der Waals surface area contributed by atoms with Crippen LogP contribution in [0.2, 0.25) is 0 Å². The lowest BCUT2D eigenvalue weighted by atomic mass is 10.1. The molecule has 1 aromatic carbocycles. The largest absolute Gasteiger partial charge is 0.378 e. The highest BCUT2D eigenvalue weighted by atomic mass is 16.5. The van der Waals surface area contributed by atoms with Crippen LogP contribution in [-0.2, 0) is 22.5 Å². The number of fused-ring (bicyclic) bond motifs is 1. The normalized spacial score (nSPS) is 14.5. The van der Waals surface area contributed by atoms with E-state index >= 15 is 0 Å². The number of para-hydroxylation sites is 1. The highest BCUT2D eigenvalue weighted by molar-refractivity contribution is 5.88. The number of aromatic amines is 1. The van der Waals surface area contributed by atoms with Gasteiger partial charge in [-0.05, 0) is 24.6 Å². The van der Waals surface area contributed by atoms with Gasteiger partial charge in [-0.15, -0.1) is 0 Å². The van der Waals surface area contributed by atoms with E-state index in [1.54, 1.807) is 0 Å². The summed E-state index contributed by atoms with van der Waals surface area (Å²) in [6, 6.07) is 9.90. The van der Waals surface area contributed by atoms with E-state index in [0.717, 1.165) is 40.9 Å². The quantitative estimate of drug-likeness (QED) is 0.722. The molecule has 27 heavy (non-hydrogen) atoms. The van der Waals surface area contributed by atoms with Crippen LogP contribution >= 0.6 is 0 Å². The van der Waals surface area contributed by atoms with Crippen LogP contribution in [0.15, 0.2) is 36.5 Å². The Labute approximate surface area is 157 Å². The molecule has 4 rings (SSSR count). The number of hydrogen-bond donors (Lipinski definition) is 2. The number of amides is 1. The third-order valence-corrected chi connectivity index (χ3v) is 4.68. The van der Waals surface area contributed by atoms with E-state index in [-0.39, 0.29) is 5.91 Å². The minimum Gasteiger partial charge on any atom is -0.378 e. The zero-order valence-electron chi connectivity index (χ0n) is 15.4. The number of benzene rings is 1. The number of H-pyrrole nitrogens is 1. The molecule has 0 aliphatic carbocycles. The SMILES string of the molecule is Cc1cc(CNC(=O)Cc2c[nH]c3ccccc23)nc(N2CCOCC2)n1. The van der Waals surface area contributed by atoms with Gasteiger partial charge in [0, 0.05) is 35.9 Å². The van der Waals surface area contributed by atoms with E-state index in [1.807, 2.05) is 43.5 Å². The van der Waals surface area contributed by atoms with Gasteiger partial charge in [-0.25, -0.2) is 9.97 Å². The van der Waals surface area contributed by atoms with Crippen LogP contribution in [-0.4, -0.2) is 47.2 Å². The minimum atomic E-state index is -0.0241. The predicted octanol–water partition coefficient (Wildman–Crippen LogP) is 1.96. The molecule has 1 aliphatic heterocycles. The summed E-state index contributed by atoms with van der Waals surface area (Å²) in [5.41, 5.74) is 3.75. The second-order valence-corrected chi connectivity index (χ2v) is 6.71. The van der Waals surface area contributed by atoms with Crippen molar-refractivity contribution in [1.82, 2.24) is 20.3 Å². The molecule has 0 atom stereocenters. The number of morpholine rings is 1. The van der Waals surface area contributed by atoms with Crippen LogP contribution in [0.3, 0.4) is 0 Å². The summed E-state index contributed by atoms with van der Waals surface area (Å²) in [7, 11) is 0. The number of hydrogen-bond acceptors (Lipinski definition) is 5. The van der Waals surface area contributed by atoms with E-state index in [2.05, 4.69) is 25.2 Å². The molecule has 0 bridgehead atoms. The summed E-state index contributed by atoms with van der Waals surface area (Å²) >= 11 is 0. The van der Waals surface area contributed by atoms with Crippen molar-refractivity contribution < 1.29 is 9.53 Å². The summed E-state index contributed by atoms with van der Waals surface area (Å²) in [4.78, 5) is 26.9. The lowest BCUT2D eigenvalue weighted by Crippen LogP contribution is -2.37. The van der Waals surface area contributed by atoms with Crippen molar-refractivity contribution in [2.45, 2.75) is 19.9 Å². The molecule has 2 N–H and O–H groups in total. The van der Waals surface area contributed by atoms with E-state index in [4.69, 9.17) is 4.74 Å². The Kier molecular flexibility index (Phi) is 5.02. The number of nitrogens with one attached hydrogen (secondary N) is 2. The fourth-order valence-electron chi connectivity index (χ4n) is 3.31. The second-order valence-electron chi connectivity index (χ2n) is 6.71. The monoisotopic (exact) mass is 365 g/mol. The van der Waals surface area contributed by atoms with E-state index in [1.165, 1.54) is 0 Å².